The van der Waals surface area contributed by atoms with Crippen molar-refractivity contribution < 1.29 is 48.3 Å². The molecule has 1 fully saturated rings. The number of alkyl halides is 7. The summed E-state index contributed by atoms with van der Waals surface area (Å²) in [7, 11) is -3.00. The topological polar surface area (TPSA) is 66.5 Å². The van der Waals surface area contributed by atoms with Crippen LogP contribution in [0.4, 0.5) is 35.1 Å². The van der Waals surface area contributed by atoms with Crippen LogP contribution in [0.5, 0.6) is 0 Å². The number of rotatable bonds is 5. The van der Waals surface area contributed by atoms with Crippen molar-refractivity contribution in [2.45, 2.75) is 53.0 Å². The molecule has 2 aliphatic rings. The van der Waals surface area contributed by atoms with Crippen LogP contribution in [0, 0.1) is 5.82 Å². The third kappa shape index (κ3) is 3.98. The van der Waals surface area contributed by atoms with Crippen LogP contribution in [-0.2, 0) is 31.5 Å². The number of likely N-dealkylation sites (N-methyl/N-ethyl adjacent to an activating group) is 1. The maximum Gasteiger partial charge on any atom is 0.435 e. The molecular formula is C24H22F8N2O3S. The first kappa shape index (κ1) is 28.3. The number of hydrogen-bond acceptors (Lipinski definition) is 4. The highest BCUT2D eigenvalue weighted by Gasteiger charge is 2.73. The molecule has 2 aromatic rings. The average Bonchev–Trinajstić information content (AvgIpc) is 3.24. The SMILES string of the molecule is CNCC(=O)N1CC[C@@]2(S(=O)(=O)c3ccc(F)cc3)c3ccc(C(F)(C(F)(F)F)C(F)(F)F)cc3CC[C@@H]12. The molecule has 0 bridgehead atoms. The fourth-order valence-corrected chi connectivity index (χ4v) is 7.97. The molecule has 208 valence electrons. The first-order chi connectivity index (χ1) is 17.5. The van der Waals surface area contributed by atoms with Crippen molar-refractivity contribution in [2.24, 2.45) is 0 Å². The van der Waals surface area contributed by atoms with E-state index < -0.39 is 55.9 Å². The number of halogens is 8. The number of fused-ring (bicyclic) bond motifs is 3. The van der Waals surface area contributed by atoms with E-state index in [1.807, 2.05) is 0 Å². The Hall–Kier alpha value is -2.74. The molecule has 1 amide bonds. The molecular weight excluding hydrogens is 548 g/mol. The minimum absolute atomic E-state index is 0.0645. The second-order valence-electron chi connectivity index (χ2n) is 9.29. The number of carbonyl (C=O) groups is 1. The summed E-state index contributed by atoms with van der Waals surface area (Å²) in [6, 6.07) is 4.25. The van der Waals surface area contributed by atoms with Crippen molar-refractivity contribution in [3.05, 3.63) is 65.0 Å². The first-order valence-corrected chi connectivity index (χ1v) is 12.9. The predicted octanol–water partition coefficient (Wildman–Crippen LogP) is 4.55. The van der Waals surface area contributed by atoms with Gasteiger partial charge in [0.1, 0.15) is 10.6 Å². The fraction of sp³-hybridized carbons (Fsp3) is 0.458. The molecule has 1 saturated heterocycles. The van der Waals surface area contributed by atoms with Crippen molar-refractivity contribution >= 4 is 15.7 Å². The van der Waals surface area contributed by atoms with Gasteiger partial charge in [-0.1, -0.05) is 18.2 Å². The monoisotopic (exact) mass is 570 g/mol. The van der Waals surface area contributed by atoms with Crippen LogP contribution in [0.3, 0.4) is 0 Å². The van der Waals surface area contributed by atoms with E-state index >= 15 is 0 Å². The minimum atomic E-state index is -6.34. The third-order valence-corrected chi connectivity index (χ3v) is 9.87. The van der Waals surface area contributed by atoms with Gasteiger partial charge in [-0.15, -0.1) is 0 Å². The molecule has 4 rings (SSSR count). The van der Waals surface area contributed by atoms with Crippen LogP contribution >= 0.6 is 0 Å². The summed E-state index contributed by atoms with van der Waals surface area (Å²) in [6.45, 7) is -0.207. The molecule has 14 heteroatoms. The Morgan fingerprint density at radius 3 is 2.18 bits per heavy atom. The largest absolute Gasteiger partial charge is 0.435 e. The summed E-state index contributed by atoms with van der Waals surface area (Å²) in [4.78, 5) is 13.8. The molecule has 1 aliphatic carbocycles. The summed E-state index contributed by atoms with van der Waals surface area (Å²) in [5.41, 5.74) is -7.72. The van der Waals surface area contributed by atoms with Gasteiger partial charge in [-0.25, -0.2) is 17.2 Å². The van der Waals surface area contributed by atoms with Gasteiger partial charge in [0.15, 0.2) is 9.84 Å². The van der Waals surface area contributed by atoms with Gasteiger partial charge in [0.05, 0.1) is 17.5 Å². The van der Waals surface area contributed by atoms with E-state index in [1.54, 1.807) is 0 Å². The maximum atomic E-state index is 14.8. The lowest BCUT2D eigenvalue weighted by molar-refractivity contribution is -0.348. The quantitative estimate of drug-likeness (QED) is 0.423. The zero-order chi connectivity index (χ0) is 28.3. The Labute approximate surface area is 212 Å². The van der Waals surface area contributed by atoms with Gasteiger partial charge in [0, 0.05) is 12.1 Å². The summed E-state index contributed by atoms with van der Waals surface area (Å²) < 4.78 is 135. The highest BCUT2D eigenvalue weighted by molar-refractivity contribution is 7.92. The van der Waals surface area contributed by atoms with Gasteiger partial charge in [0.25, 0.3) is 0 Å². The molecule has 1 heterocycles. The normalized spacial score (nSPS) is 22.2. The van der Waals surface area contributed by atoms with Gasteiger partial charge < -0.3 is 10.2 Å². The number of nitrogens with one attached hydrogen (secondary N) is 1. The lowest BCUT2D eigenvalue weighted by atomic mass is 9.76. The zero-order valence-corrected chi connectivity index (χ0v) is 20.6. The molecule has 0 radical (unpaired) electrons. The Bertz CT molecular complexity index is 1330. The number of sulfone groups is 1. The van der Waals surface area contributed by atoms with E-state index in [0.717, 1.165) is 30.3 Å². The fourth-order valence-electron chi connectivity index (χ4n) is 5.61. The number of amides is 1. The third-order valence-electron chi connectivity index (χ3n) is 7.32. The Morgan fingerprint density at radius 2 is 1.63 bits per heavy atom. The summed E-state index contributed by atoms with van der Waals surface area (Å²) in [6.07, 6.45) is -13.2. The summed E-state index contributed by atoms with van der Waals surface area (Å²) in [5.74, 6) is -1.19. The molecule has 38 heavy (non-hydrogen) atoms. The Morgan fingerprint density at radius 1 is 1.03 bits per heavy atom. The van der Waals surface area contributed by atoms with Crippen molar-refractivity contribution in [1.29, 1.82) is 0 Å². The van der Waals surface area contributed by atoms with Crippen LogP contribution in [0.25, 0.3) is 0 Å². The van der Waals surface area contributed by atoms with E-state index in [2.05, 4.69) is 5.32 Å². The van der Waals surface area contributed by atoms with Gasteiger partial charge in [-0.2, -0.15) is 26.3 Å². The standard InChI is InChI=1S/C24H22F8N2O3S/c1-33-13-20(35)34-11-10-21(38(36,37)17-6-4-16(25)5-7-17)18-8-3-15(12-14(18)2-9-19(21)34)22(26,23(27,28)29)24(30,31)32/h3-8,12,19,33H,2,9-11,13H2,1H3/t19-,21-/m1/s1. The summed E-state index contributed by atoms with van der Waals surface area (Å²) in [5, 5.41) is 2.66. The van der Waals surface area contributed by atoms with Crippen molar-refractivity contribution in [3.8, 4) is 0 Å². The van der Waals surface area contributed by atoms with E-state index in [-0.39, 0.29) is 48.4 Å². The van der Waals surface area contributed by atoms with Crippen LogP contribution < -0.4 is 5.32 Å². The van der Waals surface area contributed by atoms with Gasteiger partial charge in [0.2, 0.25) is 5.91 Å². The van der Waals surface area contributed by atoms with Gasteiger partial charge in [-0.05, 0) is 61.7 Å². The Kier molecular flexibility index (Phi) is 6.83. The first-order valence-electron chi connectivity index (χ1n) is 11.4. The van der Waals surface area contributed by atoms with Crippen LogP contribution in [0.1, 0.15) is 29.5 Å². The number of likely N-dealkylation sites (tertiary alicyclic amines) is 1. The zero-order valence-electron chi connectivity index (χ0n) is 19.8. The lowest BCUT2D eigenvalue weighted by Crippen LogP contribution is -2.53. The van der Waals surface area contributed by atoms with Crippen molar-refractivity contribution in [1.82, 2.24) is 10.2 Å². The molecule has 1 N–H and O–H groups in total. The lowest BCUT2D eigenvalue weighted by Gasteiger charge is -2.43. The molecule has 2 aromatic carbocycles. The molecule has 2 atom stereocenters. The van der Waals surface area contributed by atoms with E-state index in [0.29, 0.717) is 12.1 Å². The van der Waals surface area contributed by atoms with E-state index in [1.165, 1.54) is 11.9 Å². The van der Waals surface area contributed by atoms with E-state index in [4.69, 9.17) is 0 Å². The molecule has 5 nitrogen and oxygen atoms in total. The van der Waals surface area contributed by atoms with E-state index in [9.17, 15) is 48.3 Å². The number of nitrogens with zero attached hydrogens (tertiary/aromatic N) is 1. The average molecular weight is 571 g/mol. The number of carbonyl (C=O) groups excluding carboxylic acids is 1. The molecule has 0 saturated carbocycles. The Balaban J connectivity index is 1.95. The summed E-state index contributed by atoms with van der Waals surface area (Å²) >= 11 is 0. The van der Waals surface area contributed by atoms with Crippen LogP contribution in [-0.4, -0.2) is 57.8 Å². The molecule has 0 spiro atoms. The minimum Gasteiger partial charge on any atom is -0.337 e. The van der Waals surface area contributed by atoms with Gasteiger partial charge in [-0.3, -0.25) is 4.79 Å². The smallest absolute Gasteiger partial charge is 0.337 e. The maximum absolute atomic E-state index is 14.8. The van der Waals surface area contributed by atoms with Crippen molar-refractivity contribution in [3.63, 3.8) is 0 Å². The van der Waals surface area contributed by atoms with Crippen LogP contribution in [0.2, 0.25) is 0 Å². The second kappa shape index (κ2) is 9.18. The van der Waals surface area contributed by atoms with Crippen molar-refractivity contribution in [2.75, 3.05) is 20.1 Å². The molecule has 1 aliphatic heterocycles. The second-order valence-corrected chi connectivity index (χ2v) is 11.5. The van der Waals surface area contributed by atoms with Gasteiger partial charge >= 0.3 is 18.0 Å². The number of hydrogen-bond donors (Lipinski definition) is 1. The predicted molar refractivity (Wildman–Crippen MR) is 119 cm³/mol. The number of benzene rings is 2. The highest BCUT2D eigenvalue weighted by Crippen LogP contribution is 2.56. The molecule has 0 aromatic heterocycles. The number of aryl methyl sites for hydroxylation is 1. The highest BCUT2D eigenvalue weighted by atomic mass is 32.2. The van der Waals surface area contributed by atoms with Crippen LogP contribution in [0.15, 0.2) is 47.4 Å². The molecule has 0 unspecified atom stereocenters.